The number of amidine groups is 1. The maximum absolute atomic E-state index is 13.1. The first kappa shape index (κ1) is 22.8. The summed E-state index contributed by atoms with van der Waals surface area (Å²) in [5.41, 5.74) is 12.2. The van der Waals surface area contributed by atoms with Gasteiger partial charge in [-0.2, -0.15) is 0 Å². The molecule has 0 saturated carbocycles. The molecule has 0 bridgehead atoms. The molecule has 3 rings (SSSR count). The highest BCUT2D eigenvalue weighted by molar-refractivity contribution is 7.91. The number of rotatable bonds is 8. The van der Waals surface area contributed by atoms with Gasteiger partial charge in [0.15, 0.2) is 5.75 Å². The second-order valence-electron chi connectivity index (χ2n) is 6.86. The van der Waals surface area contributed by atoms with Crippen LogP contribution in [0.15, 0.2) is 70.5 Å². The average Bonchev–Trinajstić information content (AvgIpc) is 2.75. The molecule has 0 fully saturated rings. The lowest BCUT2D eigenvalue weighted by molar-refractivity contribution is 0.0692. The zero-order valence-electron chi connectivity index (χ0n) is 16.7. The fraction of sp³-hybridized carbons (Fsp3) is 0.0909. The van der Waals surface area contributed by atoms with E-state index in [2.05, 4.69) is 0 Å². The number of hydrogen-bond acceptors (Lipinski definition) is 6. The third-order valence-corrected chi connectivity index (χ3v) is 6.41. The Morgan fingerprint density at radius 3 is 2.22 bits per heavy atom. The molecule has 0 amide bonds. The summed E-state index contributed by atoms with van der Waals surface area (Å²) in [5.74, 6) is -2.21. The summed E-state index contributed by atoms with van der Waals surface area (Å²) in [4.78, 5) is 11.2. The Hall–Kier alpha value is -3.92. The van der Waals surface area contributed by atoms with Crippen LogP contribution in [0.4, 0.5) is 10.1 Å². The first-order chi connectivity index (χ1) is 15.1. The van der Waals surface area contributed by atoms with E-state index in [-0.39, 0.29) is 33.7 Å². The summed E-state index contributed by atoms with van der Waals surface area (Å²) in [6.45, 7) is 0.0773. The summed E-state index contributed by atoms with van der Waals surface area (Å²) in [5, 5.41) is 17.0. The second-order valence-corrected chi connectivity index (χ2v) is 8.81. The van der Waals surface area contributed by atoms with Crippen LogP contribution >= 0.6 is 0 Å². The van der Waals surface area contributed by atoms with Crippen molar-refractivity contribution in [1.29, 1.82) is 5.41 Å². The van der Waals surface area contributed by atoms with Crippen molar-refractivity contribution < 1.29 is 27.4 Å². The number of carbonyl (C=O) groups is 1. The lowest BCUT2D eigenvalue weighted by Crippen LogP contribution is -2.12. The predicted octanol–water partition coefficient (Wildman–Crippen LogP) is 2.84. The monoisotopic (exact) mass is 457 g/mol. The van der Waals surface area contributed by atoms with Crippen LogP contribution in [0.5, 0.6) is 5.75 Å². The number of hydrogen-bond donors (Lipinski definition) is 4. The van der Waals surface area contributed by atoms with Gasteiger partial charge in [-0.25, -0.2) is 17.6 Å². The molecule has 0 spiro atoms. The summed E-state index contributed by atoms with van der Waals surface area (Å²) in [7, 11) is -4.12. The van der Waals surface area contributed by atoms with Crippen LogP contribution in [-0.4, -0.2) is 31.9 Å². The molecule has 8 nitrogen and oxygen atoms in total. The highest BCUT2D eigenvalue weighted by Crippen LogP contribution is 2.33. The Balaban J connectivity index is 1.85. The Labute approximate surface area is 183 Å². The molecule has 32 heavy (non-hydrogen) atoms. The SMILES string of the molecule is N=C(N)c1ccc(CCOc2c(N)cc(S(=O)(=O)c3ccc(F)cc3)cc2C(=O)O)cc1. The minimum absolute atomic E-state index is 0.0534. The van der Waals surface area contributed by atoms with Gasteiger partial charge < -0.3 is 21.3 Å². The smallest absolute Gasteiger partial charge is 0.339 e. The molecule has 0 aliphatic rings. The number of carboxylic acids is 1. The van der Waals surface area contributed by atoms with E-state index in [1.165, 1.54) is 0 Å². The van der Waals surface area contributed by atoms with E-state index < -0.39 is 27.2 Å². The number of benzene rings is 3. The Morgan fingerprint density at radius 1 is 1.03 bits per heavy atom. The molecular formula is C22H20FN3O5S. The quantitative estimate of drug-likeness (QED) is 0.175. The molecule has 3 aromatic rings. The maximum atomic E-state index is 13.1. The molecule has 166 valence electrons. The van der Waals surface area contributed by atoms with Crippen molar-refractivity contribution in [3.8, 4) is 5.75 Å². The topological polar surface area (TPSA) is 157 Å². The van der Waals surface area contributed by atoms with Crippen LogP contribution in [0.1, 0.15) is 21.5 Å². The number of sulfone groups is 1. The van der Waals surface area contributed by atoms with Gasteiger partial charge in [0.25, 0.3) is 0 Å². The van der Waals surface area contributed by atoms with Crippen LogP contribution in [0.2, 0.25) is 0 Å². The maximum Gasteiger partial charge on any atom is 0.339 e. The summed E-state index contributed by atoms with van der Waals surface area (Å²) in [6.07, 6.45) is 0.409. The molecule has 0 aliphatic carbocycles. The van der Waals surface area contributed by atoms with Crippen molar-refractivity contribution in [3.05, 3.63) is 83.2 Å². The van der Waals surface area contributed by atoms with E-state index in [9.17, 15) is 22.7 Å². The molecule has 0 heterocycles. The molecule has 0 atom stereocenters. The van der Waals surface area contributed by atoms with Gasteiger partial charge in [-0.3, -0.25) is 5.41 Å². The third kappa shape index (κ3) is 4.86. The first-order valence-electron chi connectivity index (χ1n) is 9.33. The van der Waals surface area contributed by atoms with Gasteiger partial charge in [-0.1, -0.05) is 24.3 Å². The molecule has 10 heteroatoms. The molecule has 3 aromatic carbocycles. The van der Waals surface area contributed by atoms with Crippen LogP contribution in [-0.2, 0) is 16.3 Å². The molecule has 0 saturated heterocycles. The van der Waals surface area contributed by atoms with Crippen molar-refractivity contribution in [3.63, 3.8) is 0 Å². The first-order valence-corrected chi connectivity index (χ1v) is 10.8. The van der Waals surface area contributed by atoms with Gasteiger partial charge in [0, 0.05) is 12.0 Å². The number of carboxylic acid groups (broad SMARTS) is 1. The minimum Gasteiger partial charge on any atom is -0.490 e. The van der Waals surface area contributed by atoms with Crippen LogP contribution in [0.3, 0.4) is 0 Å². The van der Waals surface area contributed by atoms with Crippen LogP contribution in [0.25, 0.3) is 0 Å². The third-order valence-electron chi connectivity index (χ3n) is 4.66. The van der Waals surface area contributed by atoms with E-state index in [1.807, 2.05) is 0 Å². The van der Waals surface area contributed by atoms with Crippen molar-refractivity contribution in [2.24, 2.45) is 5.73 Å². The zero-order chi connectivity index (χ0) is 23.5. The molecule has 0 aliphatic heterocycles. The van der Waals surface area contributed by atoms with E-state index in [0.29, 0.717) is 12.0 Å². The normalized spacial score (nSPS) is 11.2. The van der Waals surface area contributed by atoms with Gasteiger partial charge in [0.05, 0.1) is 22.1 Å². The highest BCUT2D eigenvalue weighted by Gasteiger charge is 2.24. The summed E-state index contributed by atoms with van der Waals surface area (Å²) >= 11 is 0. The second kappa shape index (κ2) is 9.06. The standard InChI is InChI=1S/C22H20FN3O5S/c23-15-5-7-16(8-6-15)32(29,30)17-11-18(22(27)28)20(19(24)12-17)31-10-9-13-1-3-14(4-2-13)21(25)26/h1-8,11-12H,9-10,24H2,(H3,25,26)(H,27,28). The number of nitrogens with one attached hydrogen (secondary N) is 1. The van der Waals surface area contributed by atoms with Crippen molar-refractivity contribution in [2.45, 2.75) is 16.2 Å². The van der Waals surface area contributed by atoms with E-state index >= 15 is 0 Å². The van der Waals surface area contributed by atoms with Gasteiger partial charge in [-0.05, 0) is 42.0 Å². The Bertz CT molecular complexity index is 1270. The van der Waals surface area contributed by atoms with E-state index in [4.69, 9.17) is 21.6 Å². The van der Waals surface area contributed by atoms with E-state index in [0.717, 1.165) is 42.0 Å². The highest BCUT2D eigenvalue weighted by atomic mass is 32.2. The van der Waals surface area contributed by atoms with Crippen LogP contribution in [0, 0.1) is 11.2 Å². The number of anilines is 1. The summed E-state index contributed by atoms with van der Waals surface area (Å²) < 4.78 is 44.4. The molecule has 0 aromatic heterocycles. The fourth-order valence-electron chi connectivity index (χ4n) is 2.97. The van der Waals surface area contributed by atoms with E-state index in [1.54, 1.807) is 24.3 Å². The molecule has 6 N–H and O–H groups in total. The molecule has 0 unspecified atom stereocenters. The van der Waals surface area contributed by atoms with Crippen LogP contribution < -0.4 is 16.2 Å². The van der Waals surface area contributed by atoms with Crippen molar-refractivity contribution >= 4 is 27.3 Å². The minimum atomic E-state index is -4.12. The van der Waals surface area contributed by atoms with Gasteiger partial charge >= 0.3 is 5.97 Å². The number of nitrogen functional groups attached to an aromatic ring is 2. The largest absolute Gasteiger partial charge is 0.490 e. The Kier molecular flexibility index (Phi) is 6.45. The predicted molar refractivity (Wildman–Crippen MR) is 116 cm³/mol. The van der Waals surface area contributed by atoms with Gasteiger partial charge in [0.1, 0.15) is 17.2 Å². The molecule has 0 radical (unpaired) electrons. The van der Waals surface area contributed by atoms with Crippen molar-refractivity contribution in [1.82, 2.24) is 0 Å². The number of aromatic carboxylic acids is 1. The Morgan fingerprint density at radius 2 is 1.66 bits per heavy atom. The van der Waals surface area contributed by atoms with Gasteiger partial charge in [0.2, 0.25) is 9.84 Å². The lowest BCUT2D eigenvalue weighted by atomic mass is 10.1. The lowest BCUT2D eigenvalue weighted by Gasteiger charge is -2.14. The summed E-state index contributed by atoms with van der Waals surface area (Å²) in [6, 6.07) is 13.1. The van der Waals surface area contributed by atoms with Crippen molar-refractivity contribution in [2.75, 3.05) is 12.3 Å². The van der Waals surface area contributed by atoms with Gasteiger partial charge in [-0.15, -0.1) is 0 Å². The fourth-order valence-corrected chi connectivity index (χ4v) is 4.29. The average molecular weight is 457 g/mol. The zero-order valence-corrected chi connectivity index (χ0v) is 17.5. The number of nitrogens with two attached hydrogens (primary N) is 2. The molecular weight excluding hydrogens is 437 g/mol. The number of ether oxygens (including phenoxy) is 1. The number of halogens is 1.